The van der Waals surface area contributed by atoms with Crippen molar-refractivity contribution >= 4 is 111 Å². The van der Waals surface area contributed by atoms with Gasteiger partial charge in [0.15, 0.2) is 17.5 Å². The molecular weight excluding hydrogens is 1100 g/mol. The van der Waals surface area contributed by atoms with Crippen LogP contribution in [0.5, 0.6) is 0 Å². The van der Waals surface area contributed by atoms with E-state index in [1.165, 1.54) is 70.1 Å². The van der Waals surface area contributed by atoms with Crippen molar-refractivity contribution in [2.75, 3.05) is 9.80 Å². The van der Waals surface area contributed by atoms with E-state index in [1.54, 1.807) is 0 Å². The molecule has 18 rings (SSSR count). The number of rotatable bonds is 9. The number of aromatic nitrogens is 4. The molecular formula is C81H51BN6S. The molecule has 6 nitrogen and oxygen atoms in total. The maximum Gasteiger partial charge on any atom is 0.252 e. The smallest absolute Gasteiger partial charge is 0.252 e. The van der Waals surface area contributed by atoms with E-state index in [0.717, 1.165) is 78.2 Å². The van der Waals surface area contributed by atoms with Crippen LogP contribution in [0.4, 0.5) is 34.1 Å². The second-order valence-electron chi connectivity index (χ2n) is 23.0. The lowest BCUT2D eigenvalue weighted by molar-refractivity contribution is 1.06. The summed E-state index contributed by atoms with van der Waals surface area (Å²) in [4.78, 5) is 20.9. The quantitative estimate of drug-likeness (QED) is 0.135. The second-order valence-corrected chi connectivity index (χ2v) is 24.1. The van der Waals surface area contributed by atoms with Crippen LogP contribution in [0.2, 0.25) is 0 Å². The third-order valence-electron chi connectivity index (χ3n) is 18.0. The Bertz CT molecular complexity index is 5430. The van der Waals surface area contributed by atoms with Crippen LogP contribution in [0.15, 0.2) is 309 Å². The van der Waals surface area contributed by atoms with E-state index in [2.05, 4.69) is 287 Å². The zero-order valence-electron chi connectivity index (χ0n) is 48.1. The topological polar surface area (TPSA) is 50.1 Å². The molecule has 5 heterocycles. The summed E-state index contributed by atoms with van der Waals surface area (Å²) < 4.78 is 5.02. The first-order valence-electron chi connectivity index (χ1n) is 30.3. The molecule has 0 N–H and O–H groups in total. The molecule has 0 amide bonds. The molecule has 0 saturated heterocycles. The molecule has 0 saturated carbocycles. The van der Waals surface area contributed by atoms with Gasteiger partial charge in [-0.05, 0) is 129 Å². The predicted molar refractivity (Wildman–Crippen MR) is 374 cm³/mol. The van der Waals surface area contributed by atoms with Crippen molar-refractivity contribution in [1.82, 2.24) is 19.5 Å². The minimum Gasteiger partial charge on any atom is -0.311 e. The monoisotopic (exact) mass is 1150 g/mol. The maximum absolute atomic E-state index is 5.40. The molecule has 2 aliphatic heterocycles. The minimum absolute atomic E-state index is 0.0724. The number of nitrogens with zero attached hydrogens (tertiary/aromatic N) is 6. The highest BCUT2D eigenvalue weighted by Gasteiger charge is 2.43. The predicted octanol–water partition coefficient (Wildman–Crippen LogP) is 19.4. The molecule has 3 aromatic heterocycles. The lowest BCUT2D eigenvalue weighted by Crippen LogP contribution is -2.61. The van der Waals surface area contributed by atoms with Crippen LogP contribution in [0.25, 0.3) is 115 Å². The Balaban J connectivity index is 0.790. The summed E-state index contributed by atoms with van der Waals surface area (Å²) in [6, 6.07) is 112. The van der Waals surface area contributed by atoms with Gasteiger partial charge in [0.1, 0.15) is 0 Å². The molecule has 0 aliphatic carbocycles. The van der Waals surface area contributed by atoms with Gasteiger partial charge in [0.05, 0.1) is 16.7 Å². The fourth-order valence-electron chi connectivity index (χ4n) is 14.1. The molecule has 89 heavy (non-hydrogen) atoms. The number of fused-ring (bicyclic) bond motifs is 11. The largest absolute Gasteiger partial charge is 0.311 e. The van der Waals surface area contributed by atoms with E-state index in [1.807, 2.05) is 47.7 Å². The zero-order chi connectivity index (χ0) is 58.5. The molecule has 8 heteroatoms. The summed E-state index contributed by atoms with van der Waals surface area (Å²) >= 11 is 1.87. The van der Waals surface area contributed by atoms with Gasteiger partial charge >= 0.3 is 0 Å². The summed E-state index contributed by atoms with van der Waals surface area (Å²) in [6.45, 7) is 0.0724. The number of benzene rings is 13. The van der Waals surface area contributed by atoms with Gasteiger partial charge in [-0.3, -0.25) is 0 Å². The number of hydrogen-bond donors (Lipinski definition) is 0. The molecule has 16 aromatic rings. The van der Waals surface area contributed by atoms with Crippen molar-refractivity contribution in [1.29, 1.82) is 0 Å². The fraction of sp³-hybridized carbons (Fsp3) is 0. The Morgan fingerprint density at radius 1 is 0.303 bits per heavy atom. The lowest BCUT2D eigenvalue weighted by Gasteiger charge is -2.44. The summed E-state index contributed by atoms with van der Waals surface area (Å²) in [6.07, 6.45) is 0. The Labute approximate surface area is 519 Å². The van der Waals surface area contributed by atoms with E-state index in [9.17, 15) is 0 Å². The summed E-state index contributed by atoms with van der Waals surface area (Å²) in [7, 11) is 0. The molecule has 0 atom stereocenters. The van der Waals surface area contributed by atoms with E-state index < -0.39 is 0 Å². The van der Waals surface area contributed by atoms with Gasteiger partial charge in [0.25, 0.3) is 6.71 Å². The van der Waals surface area contributed by atoms with Crippen LogP contribution in [0.3, 0.4) is 0 Å². The average molecular weight is 1150 g/mol. The summed E-state index contributed by atoms with van der Waals surface area (Å²) in [5, 5.41) is 4.97. The Hall–Kier alpha value is -11.4. The number of hydrogen-bond acceptors (Lipinski definition) is 6. The SMILES string of the molecule is c1ccc(-c2nc(-c3ccccc3)nc(-c3cccc(-c4cccc(-c5cccc(-c6cccc(N7c8ccccc8B8c9ccccc9N(c9ccccc9)c9cccc7c98)c6)c5)c4)c3-n3c4ccccc4c4c5sc6ccccc6c5ccc43)n2)cc1. The van der Waals surface area contributed by atoms with Gasteiger partial charge in [-0.2, -0.15) is 0 Å². The minimum atomic E-state index is 0.0724. The van der Waals surface area contributed by atoms with E-state index >= 15 is 0 Å². The molecule has 0 fully saturated rings. The number of anilines is 6. The van der Waals surface area contributed by atoms with Crippen molar-refractivity contribution < 1.29 is 0 Å². The van der Waals surface area contributed by atoms with Gasteiger partial charge in [-0.15, -0.1) is 11.3 Å². The van der Waals surface area contributed by atoms with Crippen molar-refractivity contribution in [3.05, 3.63) is 309 Å². The number of thiophene rings is 1. The zero-order valence-corrected chi connectivity index (χ0v) is 48.9. The van der Waals surface area contributed by atoms with Crippen LogP contribution in [-0.4, -0.2) is 26.2 Å². The normalized spacial score (nSPS) is 12.4. The first-order chi connectivity index (χ1) is 44.2. The second kappa shape index (κ2) is 20.6. The molecule has 0 unspecified atom stereocenters. The lowest BCUT2D eigenvalue weighted by atomic mass is 9.33. The highest BCUT2D eigenvalue weighted by atomic mass is 32.1. The van der Waals surface area contributed by atoms with Gasteiger partial charge in [-0.1, -0.05) is 224 Å². The molecule has 2 aliphatic rings. The van der Waals surface area contributed by atoms with Crippen LogP contribution in [0.1, 0.15) is 0 Å². The van der Waals surface area contributed by atoms with Crippen molar-refractivity contribution in [3.8, 4) is 73.2 Å². The van der Waals surface area contributed by atoms with Crippen molar-refractivity contribution in [3.63, 3.8) is 0 Å². The third-order valence-corrected chi connectivity index (χ3v) is 19.2. The van der Waals surface area contributed by atoms with Crippen LogP contribution in [0, 0.1) is 0 Å². The molecule has 0 radical (unpaired) electrons. The molecule has 0 bridgehead atoms. The first kappa shape index (κ1) is 50.8. The Morgan fingerprint density at radius 3 is 1.46 bits per heavy atom. The van der Waals surface area contributed by atoms with E-state index in [0.29, 0.717) is 17.5 Å². The standard InChI is InChI=1S/C81H51BN6S/c1-4-23-52(24-5-1)79-83-80(53-25-6-2-7-26-53)85-81(84-79)65-38-21-37-61(77(65)88-68-41-14-10-36-64(68)75-71(88)48-47-63-62-35-11-17-46-74(62)89-78(63)75)58-31-19-29-56(50-58)54-27-18-28-55(49-54)57-30-20-34-60(51-57)87-70-43-16-13-40-67(70)82-66-39-12-15-42-69(66)86(59-32-8-3-9-33-59)72-44-22-45-73(87)76(72)82/h1-51H. The Morgan fingerprint density at radius 2 is 0.775 bits per heavy atom. The van der Waals surface area contributed by atoms with E-state index in [-0.39, 0.29) is 6.71 Å². The van der Waals surface area contributed by atoms with E-state index in [4.69, 9.17) is 15.0 Å². The third kappa shape index (κ3) is 8.22. The molecule has 0 spiro atoms. The highest BCUT2D eigenvalue weighted by molar-refractivity contribution is 7.26. The number of para-hydroxylation sites is 5. The highest BCUT2D eigenvalue weighted by Crippen LogP contribution is 2.48. The van der Waals surface area contributed by atoms with Gasteiger partial charge in [0.2, 0.25) is 0 Å². The van der Waals surface area contributed by atoms with Crippen molar-refractivity contribution in [2.24, 2.45) is 0 Å². The summed E-state index contributed by atoms with van der Waals surface area (Å²) in [5.74, 6) is 1.82. The van der Waals surface area contributed by atoms with Crippen LogP contribution >= 0.6 is 11.3 Å². The van der Waals surface area contributed by atoms with Gasteiger partial charge in [-0.25, -0.2) is 15.0 Å². The Kier molecular flexibility index (Phi) is 11.8. The molecule has 13 aromatic carbocycles. The first-order valence-corrected chi connectivity index (χ1v) is 31.1. The maximum atomic E-state index is 5.40. The van der Waals surface area contributed by atoms with Gasteiger partial charge < -0.3 is 14.4 Å². The molecule has 414 valence electrons. The average Bonchev–Trinajstić information content (AvgIpc) is 1.71. The fourth-order valence-corrected chi connectivity index (χ4v) is 15.4. The van der Waals surface area contributed by atoms with Crippen molar-refractivity contribution in [2.45, 2.75) is 0 Å². The summed E-state index contributed by atoms with van der Waals surface area (Å²) in [5.41, 5.74) is 23.5. The van der Waals surface area contributed by atoms with Gasteiger partial charge in [0, 0.05) is 87.3 Å². The van der Waals surface area contributed by atoms with Crippen LogP contribution < -0.4 is 26.2 Å². The van der Waals surface area contributed by atoms with Crippen LogP contribution in [-0.2, 0) is 0 Å².